The van der Waals surface area contributed by atoms with Crippen LogP contribution >= 0.6 is 11.8 Å². The van der Waals surface area contributed by atoms with E-state index in [-0.39, 0.29) is 17.3 Å². The van der Waals surface area contributed by atoms with Crippen molar-refractivity contribution in [3.63, 3.8) is 0 Å². The summed E-state index contributed by atoms with van der Waals surface area (Å²) < 4.78 is 5.18. The molecule has 0 unspecified atom stereocenters. The second-order valence-electron chi connectivity index (χ2n) is 6.90. The average Bonchev–Trinajstić information content (AvgIpc) is 2.61. The molecule has 0 saturated heterocycles. The lowest BCUT2D eigenvalue weighted by Crippen LogP contribution is -2.05. The molecule has 27 heavy (non-hydrogen) atoms. The van der Waals surface area contributed by atoms with Crippen molar-refractivity contribution in [3.8, 4) is 5.75 Å². The highest BCUT2D eigenvalue weighted by atomic mass is 32.2. The number of rotatable bonds is 11. The SMILES string of the molecule is CC(C)=CCCC(C)=CCCC(C)=CCSCOC(=O)c1ccccc1O. The molecule has 148 valence electrons. The largest absolute Gasteiger partial charge is 0.507 e. The monoisotopic (exact) mass is 388 g/mol. The molecule has 0 bridgehead atoms. The number of hydrogen-bond donors (Lipinski definition) is 1. The number of hydrogen-bond acceptors (Lipinski definition) is 4. The van der Waals surface area contributed by atoms with Gasteiger partial charge in [-0.3, -0.25) is 0 Å². The fourth-order valence-electron chi connectivity index (χ4n) is 2.41. The molecule has 0 amide bonds. The fraction of sp³-hybridized carbons (Fsp3) is 0.435. The van der Waals surface area contributed by atoms with Crippen LogP contribution in [0.15, 0.2) is 59.2 Å². The highest BCUT2D eigenvalue weighted by Crippen LogP contribution is 2.17. The van der Waals surface area contributed by atoms with Gasteiger partial charge in [-0.05, 0) is 65.5 Å². The van der Waals surface area contributed by atoms with Crippen LogP contribution in [0.5, 0.6) is 5.75 Å². The molecular weight excluding hydrogens is 356 g/mol. The van der Waals surface area contributed by atoms with Gasteiger partial charge in [0.25, 0.3) is 0 Å². The van der Waals surface area contributed by atoms with E-state index in [1.807, 2.05) is 0 Å². The summed E-state index contributed by atoms with van der Waals surface area (Å²) in [6.45, 7) is 8.61. The summed E-state index contributed by atoms with van der Waals surface area (Å²) in [4.78, 5) is 11.9. The number of thioether (sulfide) groups is 1. The molecule has 1 rings (SSSR count). The summed E-state index contributed by atoms with van der Waals surface area (Å²) in [5.74, 6) is 0.547. The minimum atomic E-state index is -0.491. The minimum absolute atomic E-state index is 0.0487. The smallest absolute Gasteiger partial charge is 0.342 e. The van der Waals surface area contributed by atoms with Crippen LogP contribution in [0.2, 0.25) is 0 Å². The maximum atomic E-state index is 11.9. The van der Waals surface area contributed by atoms with Gasteiger partial charge in [-0.15, -0.1) is 11.8 Å². The van der Waals surface area contributed by atoms with Gasteiger partial charge in [0.2, 0.25) is 0 Å². The summed E-state index contributed by atoms with van der Waals surface area (Å²) >= 11 is 1.54. The third-order valence-corrected chi connectivity index (χ3v) is 4.76. The van der Waals surface area contributed by atoms with Crippen LogP contribution in [0.3, 0.4) is 0 Å². The first kappa shape index (κ1) is 23.1. The van der Waals surface area contributed by atoms with E-state index in [0.717, 1.165) is 31.4 Å². The summed E-state index contributed by atoms with van der Waals surface area (Å²) in [6, 6.07) is 6.41. The van der Waals surface area contributed by atoms with Crippen molar-refractivity contribution in [3.05, 3.63) is 64.8 Å². The third-order valence-electron chi connectivity index (χ3n) is 4.07. The molecule has 1 N–H and O–H groups in total. The first-order valence-corrected chi connectivity index (χ1v) is 10.5. The van der Waals surface area contributed by atoms with E-state index >= 15 is 0 Å². The maximum Gasteiger partial charge on any atom is 0.342 e. The van der Waals surface area contributed by atoms with E-state index in [0.29, 0.717) is 0 Å². The molecule has 4 heteroatoms. The summed E-state index contributed by atoms with van der Waals surface area (Å²) in [5, 5.41) is 9.63. The molecule has 3 nitrogen and oxygen atoms in total. The molecule has 0 saturated carbocycles. The van der Waals surface area contributed by atoms with Crippen molar-refractivity contribution in [2.24, 2.45) is 0 Å². The lowest BCUT2D eigenvalue weighted by Gasteiger charge is -2.05. The molecule has 1 aromatic carbocycles. The fourth-order valence-corrected chi connectivity index (χ4v) is 3.10. The van der Waals surface area contributed by atoms with Gasteiger partial charge < -0.3 is 9.84 Å². The van der Waals surface area contributed by atoms with Crippen molar-refractivity contribution in [2.75, 3.05) is 11.7 Å². The van der Waals surface area contributed by atoms with Gasteiger partial charge in [0.15, 0.2) is 0 Å². The molecule has 0 spiro atoms. The van der Waals surface area contributed by atoms with E-state index in [1.54, 1.807) is 30.0 Å². The van der Waals surface area contributed by atoms with E-state index in [2.05, 4.69) is 45.9 Å². The average molecular weight is 389 g/mol. The van der Waals surface area contributed by atoms with Gasteiger partial charge >= 0.3 is 5.97 Å². The molecule has 0 atom stereocenters. The Morgan fingerprint density at radius 1 is 1.00 bits per heavy atom. The normalized spacial score (nSPS) is 12.0. The number of allylic oxidation sites excluding steroid dienone is 5. The highest BCUT2D eigenvalue weighted by Gasteiger charge is 2.10. The third kappa shape index (κ3) is 10.7. The minimum Gasteiger partial charge on any atom is -0.507 e. The van der Waals surface area contributed by atoms with E-state index in [4.69, 9.17) is 4.74 Å². The molecular formula is C23H32O3S. The van der Waals surface area contributed by atoms with E-state index in [1.165, 1.54) is 22.8 Å². The lowest BCUT2D eigenvalue weighted by atomic mass is 10.1. The quantitative estimate of drug-likeness (QED) is 0.199. The zero-order chi connectivity index (χ0) is 20.1. The van der Waals surface area contributed by atoms with Crippen molar-refractivity contribution in [1.82, 2.24) is 0 Å². The zero-order valence-corrected chi connectivity index (χ0v) is 17.8. The van der Waals surface area contributed by atoms with Crippen LogP contribution in [0.4, 0.5) is 0 Å². The standard InChI is InChI=1S/C23H32O3S/c1-18(2)9-7-10-19(3)11-8-12-20(4)15-16-27-17-26-23(25)21-13-5-6-14-22(21)24/h5-6,9,11,13-15,24H,7-8,10,12,16-17H2,1-4H3. The van der Waals surface area contributed by atoms with Crippen LogP contribution in [-0.2, 0) is 4.74 Å². The van der Waals surface area contributed by atoms with Crippen LogP contribution in [0.1, 0.15) is 63.7 Å². The van der Waals surface area contributed by atoms with Gasteiger partial charge in [0.1, 0.15) is 17.3 Å². The summed E-state index contributed by atoms with van der Waals surface area (Å²) in [6.07, 6.45) is 11.2. The molecule has 0 fully saturated rings. The number of phenolic OH excluding ortho intramolecular Hbond substituents is 1. The molecule has 1 aromatic rings. The van der Waals surface area contributed by atoms with Crippen LogP contribution in [0.25, 0.3) is 0 Å². The number of carbonyl (C=O) groups excluding carboxylic acids is 1. The maximum absolute atomic E-state index is 11.9. The number of aromatic hydroxyl groups is 1. The van der Waals surface area contributed by atoms with Crippen LogP contribution in [-0.4, -0.2) is 22.8 Å². The molecule has 0 aromatic heterocycles. The lowest BCUT2D eigenvalue weighted by molar-refractivity contribution is 0.0576. The number of esters is 1. The second kappa shape index (κ2) is 13.3. The molecule has 0 radical (unpaired) electrons. The Balaban J connectivity index is 2.20. The second-order valence-corrected chi connectivity index (χ2v) is 7.87. The summed E-state index contributed by atoms with van der Waals surface area (Å²) in [5.41, 5.74) is 4.38. The van der Waals surface area contributed by atoms with E-state index < -0.39 is 5.97 Å². The highest BCUT2D eigenvalue weighted by molar-refractivity contribution is 7.99. The van der Waals surface area contributed by atoms with Crippen molar-refractivity contribution < 1.29 is 14.6 Å². The van der Waals surface area contributed by atoms with Crippen LogP contribution < -0.4 is 0 Å². The first-order valence-electron chi connectivity index (χ1n) is 9.37. The van der Waals surface area contributed by atoms with Gasteiger partial charge in [-0.25, -0.2) is 4.79 Å². The van der Waals surface area contributed by atoms with E-state index in [9.17, 15) is 9.90 Å². The predicted molar refractivity (Wildman–Crippen MR) is 116 cm³/mol. The first-order chi connectivity index (χ1) is 12.9. The number of para-hydroxylation sites is 1. The van der Waals surface area contributed by atoms with Gasteiger partial charge in [0, 0.05) is 5.75 Å². The van der Waals surface area contributed by atoms with Crippen molar-refractivity contribution in [2.45, 2.75) is 53.4 Å². The number of ether oxygens (including phenoxy) is 1. The van der Waals surface area contributed by atoms with Gasteiger partial charge in [-0.1, -0.05) is 47.1 Å². The Kier molecular flexibility index (Phi) is 11.3. The Bertz CT molecular complexity index is 683. The molecule has 0 aliphatic rings. The molecule has 0 aliphatic heterocycles. The van der Waals surface area contributed by atoms with Crippen LogP contribution in [0, 0.1) is 0 Å². The molecule has 0 aliphatic carbocycles. The van der Waals surface area contributed by atoms with Crippen molar-refractivity contribution >= 4 is 17.7 Å². The zero-order valence-electron chi connectivity index (χ0n) is 17.0. The predicted octanol–water partition coefficient (Wildman–Crippen LogP) is 6.66. The molecule has 0 heterocycles. The summed E-state index contributed by atoms with van der Waals surface area (Å²) in [7, 11) is 0. The Labute approximate surface area is 168 Å². The number of benzene rings is 1. The van der Waals surface area contributed by atoms with Gasteiger partial charge in [0.05, 0.1) is 0 Å². The number of phenols is 1. The number of carbonyl (C=O) groups is 1. The topological polar surface area (TPSA) is 46.5 Å². The Morgan fingerprint density at radius 3 is 2.30 bits per heavy atom. The Hall–Kier alpha value is -1.94. The van der Waals surface area contributed by atoms with Gasteiger partial charge in [-0.2, -0.15) is 0 Å². The van der Waals surface area contributed by atoms with Crippen molar-refractivity contribution in [1.29, 1.82) is 0 Å². The Morgan fingerprint density at radius 2 is 1.63 bits per heavy atom.